The number of anilines is 1. The van der Waals surface area contributed by atoms with Gasteiger partial charge in [0.2, 0.25) is 5.91 Å². The van der Waals surface area contributed by atoms with E-state index in [0.717, 1.165) is 10.2 Å². The van der Waals surface area contributed by atoms with E-state index in [-0.39, 0.29) is 11.8 Å². The molecule has 2 aromatic carbocycles. The van der Waals surface area contributed by atoms with E-state index in [1.165, 1.54) is 29.2 Å². The molecule has 0 aromatic heterocycles. The van der Waals surface area contributed by atoms with Gasteiger partial charge in [-0.15, -0.1) is 0 Å². The second kappa shape index (κ2) is 6.73. The van der Waals surface area contributed by atoms with E-state index in [0.29, 0.717) is 18.7 Å². The largest absolute Gasteiger partial charge is 0.325 e. The van der Waals surface area contributed by atoms with Crippen molar-refractivity contribution < 1.29 is 14.0 Å². The van der Waals surface area contributed by atoms with Crippen LogP contribution >= 0.6 is 15.9 Å². The zero-order valence-electron chi connectivity index (χ0n) is 13.1. The first-order valence-corrected chi connectivity index (χ1v) is 8.40. The van der Waals surface area contributed by atoms with Gasteiger partial charge in [-0.3, -0.25) is 9.59 Å². The highest BCUT2D eigenvalue weighted by Gasteiger charge is 2.35. The molecule has 0 spiro atoms. The first-order valence-electron chi connectivity index (χ1n) is 7.61. The van der Waals surface area contributed by atoms with Crippen molar-refractivity contribution in [1.29, 1.82) is 0 Å². The normalized spacial score (nSPS) is 18.0. The summed E-state index contributed by atoms with van der Waals surface area (Å²) in [7, 11) is 0. The highest BCUT2D eigenvalue weighted by molar-refractivity contribution is 9.10. The lowest BCUT2D eigenvalue weighted by Crippen LogP contribution is -2.57. The van der Waals surface area contributed by atoms with Crippen LogP contribution in [0.2, 0.25) is 0 Å². The average molecular weight is 391 g/mol. The number of carbonyl (C=O) groups excluding carboxylic acids is 2. The number of carbonyl (C=O) groups is 2. The molecule has 1 heterocycles. The molecule has 1 fully saturated rings. The molecule has 0 saturated carbocycles. The minimum absolute atomic E-state index is 0.130. The fourth-order valence-corrected chi connectivity index (χ4v) is 3.19. The van der Waals surface area contributed by atoms with Gasteiger partial charge in [-0.1, -0.05) is 22.0 Å². The lowest BCUT2D eigenvalue weighted by molar-refractivity contribution is -0.124. The highest BCUT2D eigenvalue weighted by atomic mass is 79.9. The molecule has 1 saturated heterocycles. The average Bonchev–Trinajstić information content (AvgIpc) is 2.57. The maximum absolute atomic E-state index is 13.0. The molecule has 2 amide bonds. The van der Waals surface area contributed by atoms with Crippen LogP contribution in [0.5, 0.6) is 0 Å². The molecule has 0 N–H and O–H groups in total. The van der Waals surface area contributed by atoms with E-state index in [1.807, 2.05) is 24.3 Å². The summed E-state index contributed by atoms with van der Waals surface area (Å²) in [6.07, 6.45) is 0. The smallest absolute Gasteiger partial charge is 0.254 e. The van der Waals surface area contributed by atoms with Gasteiger partial charge in [-0.2, -0.15) is 0 Å². The van der Waals surface area contributed by atoms with Crippen LogP contribution in [0.15, 0.2) is 53.0 Å². The van der Waals surface area contributed by atoms with Crippen LogP contribution in [0, 0.1) is 5.82 Å². The molecule has 124 valence electrons. The van der Waals surface area contributed by atoms with Crippen molar-refractivity contribution in [1.82, 2.24) is 4.90 Å². The Kier molecular flexibility index (Phi) is 4.66. The van der Waals surface area contributed by atoms with E-state index < -0.39 is 11.9 Å². The second-order valence-corrected chi connectivity index (χ2v) is 6.57. The first-order chi connectivity index (χ1) is 11.5. The number of rotatable bonds is 2. The maximum Gasteiger partial charge on any atom is 0.254 e. The molecule has 1 atom stereocenters. The Morgan fingerprint density at radius 1 is 1.17 bits per heavy atom. The van der Waals surface area contributed by atoms with Gasteiger partial charge in [0.1, 0.15) is 11.9 Å². The molecule has 2 aromatic rings. The van der Waals surface area contributed by atoms with Gasteiger partial charge in [0.05, 0.1) is 0 Å². The van der Waals surface area contributed by atoms with Gasteiger partial charge in [0.15, 0.2) is 0 Å². The number of nitrogens with zero attached hydrogens (tertiary/aromatic N) is 2. The van der Waals surface area contributed by atoms with Crippen molar-refractivity contribution in [2.45, 2.75) is 13.0 Å². The number of halogens is 2. The Labute approximate surface area is 148 Å². The van der Waals surface area contributed by atoms with Gasteiger partial charge in [-0.05, 0) is 49.4 Å². The molecule has 1 aliphatic heterocycles. The molecular formula is C18H16BrFN2O2. The third-order valence-corrected chi connectivity index (χ3v) is 4.62. The van der Waals surface area contributed by atoms with Crippen LogP contribution in [0.3, 0.4) is 0 Å². The fraction of sp³-hybridized carbons (Fsp3) is 0.222. The number of hydrogen-bond acceptors (Lipinski definition) is 2. The summed E-state index contributed by atoms with van der Waals surface area (Å²) in [5.41, 5.74) is 1.18. The van der Waals surface area contributed by atoms with Crippen LogP contribution in [0.4, 0.5) is 10.1 Å². The van der Waals surface area contributed by atoms with Crippen molar-refractivity contribution in [3.05, 3.63) is 64.4 Å². The molecule has 0 bridgehead atoms. The van der Waals surface area contributed by atoms with Gasteiger partial charge in [-0.25, -0.2) is 4.39 Å². The summed E-state index contributed by atoms with van der Waals surface area (Å²) in [6.45, 7) is 2.57. The standard InChI is InChI=1S/C18H16BrFN2O2/c1-12-17(23)22(16-4-2-3-14(19)11-16)10-9-21(12)18(24)13-5-7-15(20)8-6-13/h2-8,11-12H,9-10H2,1H3. The molecule has 1 unspecified atom stereocenters. The van der Waals surface area contributed by atoms with E-state index in [4.69, 9.17) is 0 Å². The maximum atomic E-state index is 13.0. The Balaban J connectivity index is 1.79. The molecule has 6 heteroatoms. The van der Waals surface area contributed by atoms with E-state index in [1.54, 1.807) is 11.8 Å². The van der Waals surface area contributed by atoms with Crippen molar-refractivity contribution in [2.75, 3.05) is 18.0 Å². The minimum Gasteiger partial charge on any atom is -0.325 e. The summed E-state index contributed by atoms with van der Waals surface area (Å²) in [5, 5.41) is 0. The number of hydrogen-bond donors (Lipinski definition) is 0. The first kappa shape index (κ1) is 16.6. The summed E-state index contributed by atoms with van der Waals surface area (Å²) in [6, 6.07) is 12.3. The third kappa shape index (κ3) is 3.19. The lowest BCUT2D eigenvalue weighted by atomic mass is 10.1. The van der Waals surface area contributed by atoms with Crippen LogP contribution in [0.25, 0.3) is 0 Å². The van der Waals surface area contributed by atoms with Gasteiger partial charge in [0.25, 0.3) is 5.91 Å². The molecule has 3 rings (SSSR count). The summed E-state index contributed by atoms with van der Waals surface area (Å²) in [5.74, 6) is -0.783. The Morgan fingerprint density at radius 2 is 1.88 bits per heavy atom. The topological polar surface area (TPSA) is 40.6 Å². The monoisotopic (exact) mass is 390 g/mol. The Morgan fingerprint density at radius 3 is 2.54 bits per heavy atom. The quantitative estimate of drug-likeness (QED) is 0.787. The SMILES string of the molecule is CC1C(=O)N(c2cccc(Br)c2)CCN1C(=O)c1ccc(F)cc1. The van der Waals surface area contributed by atoms with Crippen molar-refractivity contribution in [3.63, 3.8) is 0 Å². The van der Waals surface area contributed by atoms with Gasteiger partial charge < -0.3 is 9.80 Å². The van der Waals surface area contributed by atoms with Crippen molar-refractivity contribution >= 4 is 33.4 Å². The van der Waals surface area contributed by atoms with E-state index in [9.17, 15) is 14.0 Å². The number of piperazine rings is 1. The van der Waals surface area contributed by atoms with Crippen LogP contribution in [-0.4, -0.2) is 35.8 Å². The fourth-order valence-electron chi connectivity index (χ4n) is 2.81. The van der Waals surface area contributed by atoms with Crippen LogP contribution in [-0.2, 0) is 4.79 Å². The molecular weight excluding hydrogens is 375 g/mol. The van der Waals surface area contributed by atoms with Crippen molar-refractivity contribution in [2.24, 2.45) is 0 Å². The van der Waals surface area contributed by atoms with Gasteiger partial charge in [0, 0.05) is 28.8 Å². The Hall–Kier alpha value is -2.21. The van der Waals surface area contributed by atoms with Crippen LogP contribution in [0.1, 0.15) is 17.3 Å². The predicted molar refractivity (Wildman–Crippen MR) is 93.4 cm³/mol. The van der Waals surface area contributed by atoms with Crippen LogP contribution < -0.4 is 4.90 Å². The predicted octanol–water partition coefficient (Wildman–Crippen LogP) is 3.47. The summed E-state index contributed by atoms with van der Waals surface area (Å²) in [4.78, 5) is 28.5. The molecule has 1 aliphatic rings. The second-order valence-electron chi connectivity index (χ2n) is 5.65. The zero-order valence-corrected chi connectivity index (χ0v) is 14.7. The highest BCUT2D eigenvalue weighted by Crippen LogP contribution is 2.24. The molecule has 24 heavy (non-hydrogen) atoms. The number of amides is 2. The van der Waals surface area contributed by atoms with E-state index >= 15 is 0 Å². The van der Waals surface area contributed by atoms with E-state index in [2.05, 4.69) is 15.9 Å². The Bertz CT molecular complexity index is 779. The van der Waals surface area contributed by atoms with Gasteiger partial charge >= 0.3 is 0 Å². The number of benzene rings is 2. The molecule has 0 radical (unpaired) electrons. The molecule has 0 aliphatic carbocycles. The minimum atomic E-state index is -0.574. The molecule has 4 nitrogen and oxygen atoms in total. The third-order valence-electron chi connectivity index (χ3n) is 4.13. The zero-order chi connectivity index (χ0) is 17.3. The lowest BCUT2D eigenvalue weighted by Gasteiger charge is -2.39. The summed E-state index contributed by atoms with van der Waals surface area (Å²) >= 11 is 3.40. The summed E-state index contributed by atoms with van der Waals surface area (Å²) < 4.78 is 13.9. The van der Waals surface area contributed by atoms with Crippen molar-refractivity contribution in [3.8, 4) is 0 Å².